The van der Waals surface area contributed by atoms with Crippen molar-refractivity contribution in [1.29, 1.82) is 0 Å². The number of rotatable bonds is 6. The number of hydrogen-bond donors (Lipinski definition) is 0. The average Bonchev–Trinajstić information content (AvgIpc) is 2.70. The Bertz CT molecular complexity index is 366. The maximum atomic E-state index is 12.1. The predicted molar refractivity (Wildman–Crippen MR) is 68.0 cm³/mol. The minimum atomic E-state index is -0.975. The Morgan fingerprint density at radius 2 is 1.95 bits per heavy atom. The number of allylic oxidation sites excluding steroid dienone is 1. The molecule has 2 atom stereocenters. The van der Waals surface area contributed by atoms with E-state index in [1.807, 2.05) is 0 Å². The number of amides is 1. The van der Waals surface area contributed by atoms with Gasteiger partial charge in [0, 0.05) is 13.5 Å². The van der Waals surface area contributed by atoms with Gasteiger partial charge in [0.25, 0.3) is 5.91 Å². The summed E-state index contributed by atoms with van der Waals surface area (Å²) in [5.74, 6) is -1.58. The summed E-state index contributed by atoms with van der Waals surface area (Å²) in [5.41, 5.74) is 0. The summed E-state index contributed by atoms with van der Waals surface area (Å²) < 4.78 is 11.0. The second-order valence-electron chi connectivity index (χ2n) is 4.79. The molecule has 1 fully saturated rings. The van der Waals surface area contributed by atoms with Crippen LogP contribution in [0.25, 0.3) is 0 Å². The van der Waals surface area contributed by atoms with Gasteiger partial charge < -0.3 is 9.47 Å². The largest absolute Gasteiger partial charge is 0.336 e. The first-order chi connectivity index (χ1) is 8.82. The molecule has 6 nitrogen and oxygen atoms in total. The molecule has 19 heavy (non-hydrogen) atoms. The molecule has 0 spiro atoms. The zero-order valence-corrected chi connectivity index (χ0v) is 11.8. The third-order valence-electron chi connectivity index (χ3n) is 2.84. The molecule has 0 N–H and O–H groups in total. The Balaban J connectivity index is 2.83. The third kappa shape index (κ3) is 3.86. The fraction of sp³-hybridized carbons (Fsp3) is 0.692. The molecule has 0 aromatic heterocycles. The van der Waals surface area contributed by atoms with Crippen LogP contribution in [0.3, 0.4) is 0 Å². The van der Waals surface area contributed by atoms with Gasteiger partial charge in [0.1, 0.15) is 0 Å². The monoisotopic (exact) mass is 271 g/mol. The lowest BCUT2D eigenvalue weighted by Gasteiger charge is -2.20. The van der Waals surface area contributed by atoms with Gasteiger partial charge in [0.15, 0.2) is 23.8 Å². The molecule has 1 amide bonds. The first-order valence-corrected chi connectivity index (χ1v) is 6.13. The molecule has 108 valence electrons. The van der Waals surface area contributed by atoms with E-state index in [0.717, 1.165) is 5.06 Å². The molecule has 0 unspecified atom stereocenters. The van der Waals surface area contributed by atoms with Crippen LogP contribution < -0.4 is 0 Å². The van der Waals surface area contributed by atoms with E-state index in [1.165, 1.54) is 14.2 Å². The zero-order valence-electron chi connectivity index (χ0n) is 11.8. The average molecular weight is 271 g/mol. The van der Waals surface area contributed by atoms with Crippen LogP contribution in [0.2, 0.25) is 0 Å². The lowest BCUT2D eigenvalue weighted by atomic mass is 10.0. The minimum absolute atomic E-state index is 0.173. The number of ketones is 1. The van der Waals surface area contributed by atoms with Crippen molar-refractivity contribution >= 4 is 11.7 Å². The number of likely N-dealkylation sites (N-methyl/N-ethyl adjacent to an activating group) is 1. The molecule has 0 saturated carbocycles. The normalized spacial score (nSPS) is 25.1. The number of carbonyl (C=O) groups excluding carboxylic acids is 2. The van der Waals surface area contributed by atoms with Gasteiger partial charge in [0.05, 0.1) is 7.11 Å². The van der Waals surface area contributed by atoms with Gasteiger partial charge in [-0.3, -0.25) is 14.4 Å². The summed E-state index contributed by atoms with van der Waals surface area (Å²) in [6.07, 6.45) is 0.586. The SMILES string of the molecule is C=CCCC(=O)[C@H]1OC(C)(C)O[C@@H]1C(=O)N(C)OC. The van der Waals surface area contributed by atoms with E-state index in [0.29, 0.717) is 6.42 Å². The highest BCUT2D eigenvalue weighted by atomic mass is 16.8. The number of hydrogen-bond acceptors (Lipinski definition) is 5. The predicted octanol–water partition coefficient (Wildman–Crippen LogP) is 1.06. The van der Waals surface area contributed by atoms with Gasteiger partial charge in [-0.05, 0) is 20.3 Å². The fourth-order valence-corrected chi connectivity index (χ4v) is 1.83. The summed E-state index contributed by atoms with van der Waals surface area (Å²) in [7, 11) is 2.83. The van der Waals surface area contributed by atoms with Gasteiger partial charge in [-0.2, -0.15) is 0 Å². The smallest absolute Gasteiger partial charge is 0.278 e. The van der Waals surface area contributed by atoms with Crippen LogP contribution >= 0.6 is 0 Å². The van der Waals surface area contributed by atoms with Crippen LogP contribution in [0, 0.1) is 0 Å². The van der Waals surface area contributed by atoms with Crippen molar-refractivity contribution in [3.05, 3.63) is 12.7 Å². The van der Waals surface area contributed by atoms with Crippen molar-refractivity contribution in [2.75, 3.05) is 14.2 Å². The molecular formula is C13H21NO5. The van der Waals surface area contributed by atoms with Crippen LogP contribution in [-0.2, 0) is 23.9 Å². The lowest BCUT2D eigenvalue weighted by molar-refractivity contribution is -0.187. The molecule has 0 aromatic rings. The van der Waals surface area contributed by atoms with E-state index in [4.69, 9.17) is 14.3 Å². The molecule has 6 heteroatoms. The van der Waals surface area contributed by atoms with Crippen LogP contribution in [0.5, 0.6) is 0 Å². The first-order valence-electron chi connectivity index (χ1n) is 6.13. The van der Waals surface area contributed by atoms with Crippen LogP contribution in [0.1, 0.15) is 26.7 Å². The second-order valence-corrected chi connectivity index (χ2v) is 4.79. The van der Waals surface area contributed by atoms with Gasteiger partial charge in [-0.25, -0.2) is 5.06 Å². The van der Waals surface area contributed by atoms with E-state index in [9.17, 15) is 9.59 Å². The van der Waals surface area contributed by atoms with E-state index < -0.39 is 23.9 Å². The summed E-state index contributed by atoms with van der Waals surface area (Å²) >= 11 is 0. The highest BCUT2D eigenvalue weighted by molar-refractivity contribution is 5.92. The van der Waals surface area contributed by atoms with E-state index >= 15 is 0 Å². The van der Waals surface area contributed by atoms with E-state index in [-0.39, 0.29) is 12.2 Å². The molecule has 0 aliphatic carbocycles. The highest BCUT2D eigenvalue weighted by Crippen LogP contribution is 2.30. The molecule has 0 aromatic carbocycles. The Morgan fingerprint density at radius 1 is 1.37 bits per heavy atom. The number of nitrogens with zero attached hydrogens (tertiary/aromatic N) is 1. The third-order valence-corrected chi connectivity index (χ3v) is 2.84. The maximum Gasteiger partial charge on any atom is 0.278 e. The molecule has 1 heterocycles. The van der Waals surface area contributed by atoms with Crippen molar-refractivity contribution in [2.45, 2.75) is 44.7 Å². The Hall–Kier alpha value is -1.24. The number of hydroxylamine groups is 2. The van der Waals surface area contributed by atoms with Crippen molar-refractivity contribution in [1.82, 2.24) is 5.06 Å². The fourth-order valence-electron chi connectivity index (χ4n) is 1.83. The lowest BCUT2D eigenvalue weighted by Crippen LogP contribution is -2.44. The van der Waals surface area contributed by atoms with Crippen LogP contribution in [-0.4, -0.2) is 48.9 Å². The van der Waals surface area contributed by atoms with Gasteiger partial charge >= 0.3 is 0 Å². The van der Waals surface area contributed by atoms with Gasteiger partial charge in [-0.1, -0.05) is 6.08 Å². The zero-order chi connectivity index (χ0) is 14.6. The number of carbonyl (C=O) groups is 2. The minimum Gasteiger partial charge on any atom is -0.336 e. The summed E-state index contributed by atoms with van der Waals surface area (Å²) in [5, 5.41) is 1.03. The van der Waals surface area contributed by atoms with Crippen molar-refractivity contribution in [2.24, 2.45) is 0 Å². The van der Waals surface area contributed by atoms with Crippen LogP contribution in [0.4, 0.5) is 0 Å². The number of Topliss-reactive ketones (excluding diaryl/α,β-unsaturated/α-hetero) is 1. The standard InChI is InChI=1S/C13H21NO5/c1-6-7-8-9(15)10-11(12(16)14(4)17-5)19-13(2,3)18-10/h6,10-11H,1,7-8H2,2-5H3/t10-,11+/m1/s1. The Morgan fingerprint density at radius 3 is 2.47 bits per heavy atom. The Kier molecular flexibility index (Phi) is 5.22. The topological polar surface area (TPSA) is 65.1 Å². The molecule has 1 aliphatic rings. The molecule has 1 rings (SSSR count). The molecule has 1 saturated heterocycles. The summed E-state index contributed by atoms with van der Waals surface area (Å²) in [6.45, 7) is 6.90. The van der Waals surface area contributed by atoms with E-state index in [1.54, 1.807) is 19.9 Å². The maximum absolute atomic E-state index is 12.1. The molecule has 1 aliphatic heterocycles. The Labute approximate surface area is 113 Å². The second kappa shape index (κ2) is 6.27. The first kappa shape index (κ1) is 15.8. The molecule has 0 radical (unpaired) electrons. The molecular weight excluding hydrogens is 250 g/mol. The van der Waals surface area contributed by atoms with Gasteiger partial charge in [-0.15, -0.1) is 6.58 Å². The van der Waals surface area contributed by atoms with Crippen molar-refractivity contribution in [3.63, 3.8) is 0 Å². The van der Waals surface area contributed by atoms with Gasteiger partial charge in [0.2, 0.25) is 0 Å². The van der Waals surface area contributed by atoms with Crippen LogP contribution in [0.15, 0.2) is 12.7 Å². The number of ether oxygens (including phenoxy) is 2. The van der Waals surface area contributed by atoms with E-state index in [2.05, 4.69) is 6.58 Å². The molecule has 0 bridgehead atoms. The van der Waals surface area contributed by atoms with Crippen molar-refractivity contribution in [3.8, 4) is 0 Å². The summed E-state index contributed by atoms with van der Waals surface area (Å²) in [6, 6.07) is 0. The highest BCUT2D eigenvalue weighted by Gasteiger charge is 2.49. The quantitative estimate of drug-likeness (QED) is 0.534. The van der Waals surface area contributed by atoms with Crippen molar-refractivity contribution < 1.29 is 23.9 Å². The summed E-state index contributed by atoms with van der Waals surface area (Å²) in [4.78, 5) is 29.0.